The number of amides is 2. The number of imide groups is 1. The summed E-state index contributed by atoms with van der Waals surface area (Å²) < 4.78 is 0. The van der Waals surface area contributed by atoms with Gasteiger partial charge in [0, 0.05) is 35.2 Å². The number of non-ortho nitro benzene ring substituents is 2. The third-order valence-electron chi connectivity index (χ3n) is 4.84. The van der Waals surface area contributed by atoms with Crippen molar-refractivity contribution in [2.24, 2.45) is 0 Å². The van der Waals surface area contributed by atoms with E-state index in [0.717, 1.165) is 29.2 Å². The molecule has 1 aliphatic rings. The molecule has 148 valence electrons. The fraction of sp³-hybridized carbons (Fsp3) is 0.0500. The van der Waals surface area contributed by atoms with E-state index in [4.69, 9.17) is 0 Å². The highest BCUT2D eigenvalue weighted by atomic mass is 16.6. The molecule has 0 aliphatic carbocycles. The Kier molecular flexibility index (Phi) is 4.12. The Morgan fingerprint density at radius 1 is 0.833 bits per heavy atom. The first-order valence-electron chi connectivity index (χ1n) is 8.59. The van der Waals surface area contributed by atoms with Crippen LogP contribution >= 0.6 is 0 Å². The molecular formula is C20H11N3O7. The molecule has 2 amide bonds. The van der Waals surface area contributed by atoms with Crippen molar-refractivity contribution in [3.05, 3.63) is 85.4 Å². The third-order valence-corrected chi connectivity index (χ3v) is 4.84. The van der Waals surface area contributed by atoms with Crippen LogP contribution in [0.4, 0.5) is 17.1 Å². The molecule has 0 saturated heterocycles. The van der Waals surface area contributed by atoms with Gasteiger partial charge in [0.15, 0.2) is 5.78 Å². The van der Waals surface area contributed by atoms with Crippen molar-refractivity contribution >= 4 is 45.4 Å². The lowest BCUT2D eigenvalue weighted by Crippen LogP contribution is -2.40. The summed E-state index contributed by atoms with van der Waals surface area (Å²) in [6, 6.07) is 9.93. The first kappa shape index (κ1) is 18.9. The van der Waals surface area contributed by atoms with Crippen molar-refractivity contribution in [3.63, 3.8) is 0 Å². The molecule has 30 heavy (non-hydrogen) atoms. The summed E-state index contributed by atoms with van der Waals surface area (Å²) in [4.78, 5) is 59.7. The van der Waals surface area contributed by atoms with Crippen LogP contribution in [-0.4, -0.2) is 27.4 Å². The average Bonchev–Trinajstić information content (AvgIpc) is 2.71. The lowest BCUT2D eigenvalue weighted by Gasteiger charge is -2.27. The van der Waals surface area contributed by atoms with Gasteiger partial charge in [-0.2, -0.15) is 0 Å². The van der Waals surface area contributed by atoms with Gasteiger partial charge in [-0.25, -0.2) is 4.90 Å². The number of carbonyl (C=O) groups excluding carboxylic acids is 3. The maximum Gasteiger partial charge on any atom is 0.270 e. The summed E-state index contributed by atoms with van der Waals surface area (Å²) in [6.45, 7) is 1.36. The van der Waals surface area contributed by atoms with E-state index in [-0.39, 0.29) is 33.4 Å². The third kappa shape index (κ3) is 2.78. The van der Waals surface area contributed by atoms with E-state index >= 15 is 0 Å². The van der Waals surface area contributed by atoms with E-state index < -0.39 is 33.0 Å². The van der Waals surface area contributed by atoms with Crippen LogP contribution in [0.3, 0.4) is 0 Å². The molecule has 0 atom stereocenters. The van der Waals surface area contributed by atoms with E-state index in [2.05, 4.69) is 0 Å². The van der Waals surface area contributed by atoms with Crippen molar-refractivity contribution in [1.29, 1.82) is 0 Å². The Balaban J connectivity index is 1.99. The molecule has 0 saturated carbocycles. The van der Waals surface area contributed by atoms with Crippen LogP contribution in [0.25, 0.3) is 10.8 Å². The average molecular weight is 405 g/mol. The van der Waals surface area contributed by atoms with Gasteiger partial charge in [-0.05, 0) is 36.6 Å². The van der Waals surface area contributed by atoms with Gasteiger partial charge in [-0.3, -0.25) is 34.6 Å². The molecular weight excluding hydrogens is 394 g/mol. The van der Waals surface area contributed by atoms with E-state index in [1.807, 2.05) is 0 Å². The van der Waals surface area contributed by atoms with Gasteiger partial charge in [-0.15, -0.1) is 0 Å². The first-order valence-corrected chi connectivity index (χ1v) is 8.59. The number of hydrogen-bond acceptors (Lipinski definition) is 7. The van der Waals surface area contributed by atoms with Crippen molar-refractivity contribution in [2.75, 3.05) is 4.90 Å². The minimum atomic E-state index is -0.800. The summed E-state index contributed by atoms with van der Waals surface area (Å²) in [6.07, 6.45) is 0. The molecule has 10 heteroatoms. The number of Topliss-reactive ketones (excluding diaryl/α,β-unsaturated/α-hetero) is 1. The highest BCUT2D eigenvalue weighted by molar-refractivity contribution is 6.36. The Morgan fingerprint density at radius 2 is 1.30 bits per heavy atom. The Bertz CT molecular complexity index is 1240. The first-order chi connectivity index (χ1) is 14.2. The molecule has 0 unspecified atom stereocenters. The summed E-state index contributed by atoms with van der Waals surface area (Å²) in [5.74, 6) is -1.81. The highest BCUT2D eigenvalue weighted by Gasteiger charge is 2.36. The van der Waals surface area contributed by atoms with Crippen molar-refractivity contribution < 1.29 is 24.2 Å². The zero-order chi connectivity index (χ0) is 21.7. The quantitative estimate of drug-likeness (QED) is 0.279. The zero-order valence-electron chi connectivity index (χ0n) is 15.3. The number of benzene rings is 3. The van der Waals surface area contributed by atoms with Crippen molar-refractivity contribution in [3.8, 4) is 0 Å². The van der Waals surface area contributed by atoms with Crippen molar-refractivity contribution in [1.82, 2.24) is 0 Å². The van der Waals surface area contributed by atoms with E-state index in [1.54, 1.807) is 0 Å². The molecule has 3 aromatic carbocycles. The number of ketones is 1. The van der Waals surface area contributed by atoms with Gasteiger partial charge in [0.2, 0.25) is 0 Å². The molecule has 0 bridgehead atoms. The van der Waals surface area contributed by atoms with Crippen LogP contribution in [0, 0.1) is 20.2 Å². The molecule has 4 rings (SSSR count). The standard InChI is InChI=1S/C20H11N3O7/c1-10(24)11-2-4-13(5-3-11)21-19(25)16-8-14(22(27)28)6-12-7-15(23(29)30)9-17(18(12)16)20(21)26/h2-9H,1H3. The number of rotatable bonds is 4. The maximum absolute atomic E-state index is 13.1. The lowest BCUT2D eigenvalue weighted by molar-refractivity contribution is -0.385. The van der Waals surface area contributed by atoms with Gasteiger partial charge in [0.05, 0.1) is 26.7 Å². The van der Waals surface area contributed by atoms with Gasteiger partial charge in [0.25, 0.3) is 23.2 Å². The summed E-state index contributed by atoms with van der Waals surface area (Å²) >= 11 is 0. The predicted octanol–water partition coefficient (Wildman–Crippen LogP) is 3.66. The normalized spacial score (nSPS) is 12.9. The molecule has 3 aromatic rings. The van der Waals surface area contributed by atoms with E-state index in [1.165, 1.54) is 31.2 Å². The maximum atomic E-state index is 13.1. The molecule has 0 spiro atoms. The SMILES string of the molecule is CC(=O)c1ccc(N2C(=O)c3cc([N+](=O)[O-])cc4cc([N+](=O)[O-])cc(c34)C2=O)cc1. The molecule has 0 radical (unpaired) electrons. The lowest BCUT2D eigenvalue weighted by atomic mass is 9.92. The van der Waals surface area contributed by atoms with Crippen LogP contribution in [0.5, 0.6) is 0 Å². The molecule has 0 fully saturated rings. The monoisotopic (exact) mass is 405 g/mol. The second-order valence-electron chi connectivity index (χ2n) is 6.65. The molecule has 0 aromatic heterocycles. The second-order valence-corrected chi connectivity index (χ2v) is 6.65. The summed E-state index contributed by atoms with van der Waals surface area (Å²) in [5.41, 5.74) is -0.591. The van der Waals surface area contributed by atoms with Gasteiger partial charge < -0.3 is 0 Å². The Hall–Kier alpha value is -4.47. The smallest absolute Gasteiger partial charge is 0.270 e. The molecule has 0 N–H and O–H groups in total. The topological polar surface area (TPSA) is 141 Å². The minimum Gasteiger partial charge on any atom is -0.295 e. The largest absolute Gasteiger partial charge is 0.295 e. The Labute approximate surface area is 167 Å². The van der Waals surface area contributed by atoms with Crippen LogP contribution in [0.15, 0.2) is 48.5 Å². The molecule has 1 aliphatic heterocycles. The summed E-state index contributed by atoms with van der Waals surface area (Å²) in [5, 5.41) is 22.8. The number of nitro benzene ring substituents is 2. The Morgan fingerprint density at radius 3 is 1.70 bits per heavy atom. The molecule has 10 nitrogen and oxygen atoms in total. The predicted molar refractivity (Wildman–Crippen MR) is 105 cm³/mol. The zero-order valence-corrected chi connectivity index (χ0v) is 15.3. The number of hydrogen-bond donors (Lipinski definition) is 0. The number of carbonyl (C=O) groups is 3. The summed E-state index contributed by atoms with van der Waals surface area (Å²) in [7, 11) is 0. The van der Waals surface area contributed by atoms with Gasteiger partial charge in [-0.1, -0.05) is 0 Å². The van der Waals surface area contributed by atoms with Crippen molar-refractivity contribution in [2.45, 2.75) is 6.92 Å². The van der Waals surface area contributed by atoms with Gasteiger partial charge >= 0.3 is 0 Å². The van der Waals surface area contributed by atoms with Gasteiger partial charge in [0.1, 0.15) is 0 Å². The minimum absolute atomic E-state index is 0.0525. The molecule has 1 heterocycles. The van der Waals surface area contributed by atoms with Crippen LogP contribution in [0.1, 0.15) is 38.0 Å². The van der Waals surface area contributed by atoms with Crippen LogP contribution < -0.4 is 4.90 Å². The van der Waals surface area contributed by atoms with Crippen LogP contribution in [-0.2, 0) is 0 Å². The van der Waals surface area contributed by atoms with E-state index in [9.17, 15) is 34.6 Å². The highest BCUT2D eigenvalue weighted by Crippen LogP contribution is 2.37. The van der Waals surface area contributed by atoms with Crippen LogP contribution in [0.2, 0.25) is 0 Å². The number of nitro groups is 2. The fourth-order valence-electron chi connectivity index (χ4n) is 3.45. The second kappa shape index (κ2) is 6.55. The number of anilines is 1. The fourth-order valence-corrected chi connectivity index (χ4v) is 3.45. The number of nitrogens with zero attached hydrogens (tertiary/aromatic N) is 3. The van der Waals surface area contributed by atoms with E-state index in [0.29, 0.717) is 5.56 Å².